The molecule has 0 saturated carbocycles. The molecule has 1 N–H and O–H groups in total. The fourth-order valence-electron chi connectivity index (χ4n) is 0.406. The van der Waals surface area contributed by atoms with Crippen LogP contribution in [0.4, 0.5) is 0 Å². The molecule has 0 aromatic heterocycles. The van der Waals surface area contributed by atoms with Crippen LogP contribution in [-0.4, -0.2) is 43.2 Å². The van der Waals surface area contributed by atoms with E-state index < -0.39 is 5.97 Å². The first-order valence-electron chi connectivity index (χ1n) is 2.44. The van der Waals surface area contributed by atoms with Crippen molar-refractivity contribution in [3.05, 3.63) is 7.43 Å². The second-order valence-electron chi connectivity index (χ2n) is 2.84. The van der Waals surface area contributed by atoms with Gasteiger partial charge in [-0.3, -0.25) is 0 Å². The van der Waals surface area contributed by atoms with Crippen molar-refractivity contribution in [2.45, 2.75) is 0 Å². The molecular weight excluding hydrogens is 118 g/mol. The Morgan fingerprint density at radius 1 is 1.44 bits per heavy atom. The zero-order chi connectivity index (χ0) is 6.78. The Kier molecular flexibility index (Phi) is 4.32. The van der Waals surface area contributed by atoms with Gasteiger partial charge in [0.25, 0.3) is 0 Å². The molecule has 0 aromatic rings. The number of hydrogen-bond donors (Lipinski definition) is 1. The molecule has 0 saturated heterocycles. The van der Waals surface area contributed by atoms with Gasteiger partial charge in [-0.05, 0) is 0 Å². The zero-order valence-corrected chi connectivity index (χ0v) is 6.51. The van der Waals surface area contributed by atoms with E-state index in [4.69, 9.17) is 5.11 Å². The maximum Gasteiger partial charge on any atom is 0.359 e. The van der Waals surface area contributed by atoms with Crippen molar-refractivity contribution in [3.63, 3.8) is 0 Å². The van der Waals surface area contributed by atoms with E-state index in [-0.39, 0.29) is 14.0 Å². The van der Waals surface area contributed by atoms with Crippen LogP contribution in [0.1, 0.15) is 0 Å². The van der Waals surface area contributed by atoms with Gasteiger partial charge in [0.2, 0.25) is 0 Å². The first kappa shape index (κ1) is 11.3. The molecule has 0 unspecified atom stereocenters. The number of carboxylic acids is 1. The number of nitrogens with zero attached hydrogens (tertiary/aromatic N) is 1. The fourth-order valence-corrected chi connectivity index (χ4v) is 0.406. The highest BCUT2D eigenvalue weighted by atomic mass is 16.4. The lowest BCUT2D eigenvalue weighted by molar-refractivity contribution is -0.862. The smallest absolute Gasteiger partial charge is 0.359 e. The average molecular weight is 133 g/mol. The number of rotatable bonds is 2. The van der Waals surface area contributed by atoms with E-state index in [9.17, 15) is 4.79 Å². The summed E-state index contributed by atoms with van der Waals surface area (Å²) in [4.78, 5) is 10.00. The quantitative estimate of drug-likeness (QED) is 0.432. The van der Waals surface area contributed by atoms with Crippen molar-refractivity contribution in [1.82, 2.24) is 0 Å². The minimum absolute atomic E-state index is 0. The van der Waals surface area contributed by atoms with E-state index in [1.165, 1.54) is 0 Å². The van der Waals surface area contributed by atoms with Crippen LogP contribution < -0.4 is 0 Å². The Labute approximate surface area is 56.5 Å². The van der Waals surface area contributed by atoms with Crippen molar-refractivity contribution >= 4 is 5.97 Å². The Morgan fingerprint density at radius 2 is 1.78 bits per heavy atom. The van der Waals surface area contributed by atoms with E-state index >= 15 is 0 Å². The van der Waals surface area contributed by atoms with Crippen LogP contribution in [0.25, 0.3) is 0 Å². The molecule has 3 heteroatoms. The highest BCUT2D eigenvalue weighted by molar-refractivity contribution is 5.67. The SMILES string of the molecule is C[N+](C)(C)CC(=O)O.[CH3-]. The lowest BCUT2D eigenvalue weighted by Crippen LogP contribution is -2.39. The van der Waals surface area contributed by atoms with Gasteiger partial charge >= 0.3 is 5.97 Å². The Bertz CT molecular complexity index is 93.7. The molecule has 56 valence electrons. The van der Waals surface area contributed by atoms with Gasteiger partial charge in [0.1, 0.15) is 0 Å². The topological polar surface area (TPSA) is 37.3 Å². The largest absolute Gasteiger partial charge is 0.477 e. The van der Waals surface area contributed by atoms with Crippen LogP contribution in [-0.2, 0) is 4.79 Å². The molecule has 0 aliphatic rings. The summed E-state index contributed by atoms with van der Waals surface area (Å²) in [7, 11) is 5.52. The third kappa shape index (κ3) is 11.2. The minimum atomic E-state index is -0.752. The molecule has 0 rings (SSSR count). The van der Waals surface area contributed by atoms with Crippen molar-refractivity contribution in [1.29, 1.82) is 0 Å². The number of aliphatic carboxylic acids is 1. The monoisotopic (exact) mass is 133 g/mol. The number of carboxylic acid groups (broad SMARTS) is 1. The summed E-state index contributed by atoms with van der Waals surface area (Å²) < 4.78 is 0.481. The van der Waals surface area contributed by atoms with Crippen molar-refractivity contribution in [2.75, 3.05) is 27.7 Å². The second-order valence-corrected chi connectivity index (χ2v) is 2.84. The van der Waals surface area contributed by atoms with E-state index in [0.717, 1.165) is 0 Å². The molecule has 0 bridgehead atoms. The lowest BCUT2D eigenvalue weighted by Gasteiger charge is -2.20. The number of hydrogen-bond acceptors (Lipinski definition) is 1. The maximum atomic E-state index is 10.00. The second kappa shape index (κ2) is 3.45. The van der Waals surface area contributed by atoms with E-state index in [0.29, 0.717) is 4.48 Å². The summed E-state index contributed by atoms with van der Waals surface area (Å²) in [6.45, 7) is 0.181. The predicted octanol–water partition coefficient (Wildman–Crippen LogP) is 0.227. The molecular formula is C6H15NO2. The molecule has 0 atom stereocenters. The van der Waals surface area contributed by atoms with Gasteiger partial charge in [0.15, 0.2) is 6.54 Å². The molecule has 0 aromatic carbocycles. The van der Waals surface area contributed by atoms with Crippen LogP contribution in [0.15, 0.2) is 0 Å². The van der Waals surface area contributed by atoms with Gasteiger partial charge in [0.05, 0.1) is 21.1 Å². The molecule has 0 aliphatic carbocycles. The van der Waals surface area contributed by atoms with Gasteiger partial charge in [0, 0.05) is 0 Å². The predicted molar refractivity (Wildman–Crippen MR) is 36.9 cm³/mol. The summed E-state index contributed by atoms with van der Waals surface area (Å²) in [5.41, 5.74) is 0. The fraction of sp³-hybridized carbons (Fsp3) is 0.667. The van der Waals surface area contributed by atoms with Crippen molar-refractivity contribution < 1.29 is 14.4 Å². The third-order valence-electron chi connectivity index (χ3n) is 0.610. The van der Waals surface area contributed by atoms with E-state index in [1.54, 1.807) is 0 Å². The van der Waals surface area contributed by atoms with Crippen LogP contribution in [0.5, 0.6) is 0 Å². The van der Waals surface area contributed by atoms with E-state index in [1.807, 2.05) is 21.1 Å². The normalized spacial score (nSPS) is 10.1. The molecule has 0 spiro atoms. The zero-order valence-electron chi connectivity index (χ0n) is 6.51. The highest BCUT2D eigenvalue weighted by Crippen LogP contribution is 1.86. The van der Waals surface area contributed by atoms with Gasteiger partial charge in [-0.15, -0.1) is 0 Å². The molecule has 0 aliphatic heterocycles. The van der Waals surface area contributed by atoms with Crippen LogP contribution >= 0.6 is 0 Å². The molecule has 9 heavy (non-hydrogen) atoms. The van der Waals surface area contributed by atoms with E-state index in [2.05, 4.69) is 0 Å². The molecule has 0 amide bonds. The minimum Gasteiger partial charge on any atom is -0.477 e. The first-order chi connectivity index (χ1) is 3.42. The summed E-state index contributed by atoms with van der Waals surface area (Å²) in [6.07, 6.45) is 0. The summed E-state index contributed by atoms with van der Waals surface area (Å²) in [6, 6.07) is 0. The molecule has 3 nitrogen and oxygen atoms in total. The van der Waals surface area contributed by atoms with Gasteiger partial charge in [-0.2, -0.15) is 0 Å². The molecule has 0 radical (unpaired) electrons. The summed E-state index contributed by atoms with van der Waals surface area (Å²) >= 11 is 0. The lowest BCUT2D eigenvalue weighted by atomic mass is 10.5. The number of quaternary nitrogens is 1. The van der Waals surface area contributed by atoms with Gasteiger partial charge in [-0.25, -0.2) is 4.79 Å². The number of likely N-dealkylation sites (N-methyl/N-ethyl adjacent to an activating group) is 1. The van der Waals surface area contributed by atoms with Gasteiger partial charge in [-0.1, -0.05) is 0 Å². The summed E-state index contributed by atoms with van der Waals surface area (Å²) in [5, 5.41) is 8.23. The van der Waals surface area contributed by atoms with Crippen molar-refractivity contribution in [3.8, 4) is 0 Å². The van der Waals surface area contributed by atoms with Gasteiger partial charge < -0.3 is 17.0 Å². The van der Waals surface area contributed by atoms with Crippen LogP contribution in [0.2, 0.25) is 0 Å². The first-order valence-corrected chi connectivity index (χ1v) is 2.44. The Balaban J connectivity index is 0. The molecule has 0 fully saturated rings. The Hall–Kier alpha value is -0.570. The standard InChI is InChI=1S/C5H11NO2.CH3/c1-6(2,3)4-5(7)8;/h4H2,1-3H3;1H3/q;-1/p+1. The summed E-state index contributed by atoms with van der Waals surface area (Å²) in [5.74, 6) is -0.752. The molecule has 0 heterocycles. The highest BCUT2D eigenvalue weighted by Gasteiger charge is 2.11. The Morgan fingerprint density at radius 3 is 1.78 bits per heavy atom. The number of carbonyl (C=O) groups is 1. The maximum absolute atomic E-state index is 10.00. The average Bonchev–Trinajstić information content (AvgIpc) is 1.21. The van der Waals surface area contributed by atoms with Crippen LogP contribution in [0, 0.1) is 7.43 Å². The van der Waals surface area contributed by atoms with Crippen molar-refractivity contribution in [2.24, 2.45) is 0 Å². The van der Waals surface area contributed by atoms with Crippen LogP contribution in [0.3, 0.4) is 0 Å². The third-order valence-corrected chi connectivity index (χ3v) is 0.610.